The van der Waals surface area contributed by atoms with Crippen molar-refractivity contribution in [1.29, 1.82) is 0 Å². The number of benzene rings is 1. The van der Waals surface area contributed by atoms with E-state index in [1.807, 2.05) is 30.6 Å². The average molecular weight is 473 g/mol. The summed E-state index contributed by atoms with van der Waals surface area (Å²) in [5.41, 5.74) is 3.10. The fourth-order valence-corrected chi connectivity index (χ4v) is 3.97. The molecule has 11 nitrogen and oxygen atoms in total. The van der Waals surface area contributed by atoms with E-state index in [1.54, 1.807) is 24.0 Å². The van der Waals surface area contributed by atoms with Crippen molar-refractivity contribution >= 4 is 23.5 Å². The highest BCUT2D eigenvalue weighted by molar-refractivity contribution is 5.51. The Labute approximate surface area is 203 Å². The van der Waals surface area contributed by atoms with Crippen LogP contribution in [0, 0.1) is 0 Å². The van der Waals surface area contributed by atoms with Crippen molar-refractivity contribution in [3.8, 4) is 0 Å². The van der Waals surface area contributed by atoms with Gasteiger partial charge >= 0.3 is 0 Å². The zero-order valence-corrected chi connectivity index (χ0v) is 19.6. The largest absolute Gasteiger partial charge is 0.391 e. The monoisotopic (exact) mass is 472 g/mol. The van der Waals surface area contributed by atoms with E-state index in [4.69, 9.17) is 0 Å². The molecular formula is C24H28N10O. The number of aromatic nitrogens is 7. The summed E-state index contributed by atoms with van der Waals surface area (Å²) in [5, 5.41) is 16.9. The highest BCUT2D eigenvalue weighted by Gasteiger charge is 2.21. The van der Waals surface area contributed by atoms with Crippen LogP contribution in [0.4, 0.5) is 23.5 Å². The lowest BCUT2D eigenvalue weighted by molar-refractivity contribution is 0.168. The Morgan fingerprint density at radius 3 is 2.31 bits per heavy atom. The molecule has 180 valence electrons. The molecule has 0 spiro atoms. The van der Waals surface area contributed by atoms with E-state index < -0.39 is 6.10 Å². The summed E-state index contributed by atoms with van der Waals surface area (Å²) in [6, 6.07) is 10.3. The Morgan fingerprint density at radius 2 is 1.60 bits per heavy atom. The van der Waals surface area contributed by atoms with Crippen LogP contribution in [-0.4, -0.2) is 72.1 Å². The minimum Gasteiger partial charge on any atom is -0.391 e. The number of nitrogens with zero attached hydrogens (tertiary/aromatic N) is 9. The SMILES string of the molecule is C[C@@H](O)Cn1cc(Nc2ncnc(N3CCN(c4ncc(Cc5ccccc5)cn4)CC3)n2)cn1. The number of piperazine rings is 1. The molecule has 35 heavy (non-hydrogen) atoms. The molecule has 0 aliphatic carbocycles. The van der Waals surface area contributed by atoms with Gasteiger partial charge in [0.1, 0.15) is 6.33 Å². The number of rotatable bonds is 8. The molecule has 1 aliphatic rings. The lowest BCUT2D eigenvalue weighted by Crippen LogP contribution is -2.47. The fraction of sp³-hybridized carbons (Fsp3) is 0.333. The number of anilines is 4. The van der Waals surface area contributed by atoms with Gasteiger partial charge in [-0.15, -0.1) is 0 Å². The second-order valence-corrected chi connectivity index (χ2v) is 8.56. The van der Waals surface area contributed by atoms with Crippen LogP contribution in [0.25, 0.3) is 0 Å². The van der Waals surface area contributed by atoms with Crippen LogP contribution < -0.4 is 15.1 Å². The van der Waals surface area contributed by atoms with E-state index in [-0.39, 0.29) is 0 Å². The van der Waals surface area contributed by atoms with E-state index in [0.29, 0.717) is 18.4 Å². The van der Waals surface area contributed by atoms with E-state index in [1.165, 1.54) is 11.9 Å². The van der Waals surface area contributed by atoms with Crippen LogP contribution in [0.1, 0.15) is 18.1 Å². The first kappa shape index (κ1) is 22.7. The van der Waals surface area contributed by atoms with Gasteiger partial charge in [-0.2, -0.15) is 10.1 Å². The van der Waals surface area contributed by atoms with Gasteiger partial charge < -0.3 is 20.2 Å². The molecule has 0 bridgehead atoms. The molecule has 1 aliphatic heterocycles. The van der Waals surface area contributed by atoms with E-state index >= 15 is 0 Å². The maximum atomic E-state index is 9.51. The maximum absolute atomic E-state index is 9.51. The van der Waals surface area contributed by atoms with Crippen molar-refractivity contribution in [2.45, 2.75) is 26.0 Å². The molecule has 1 atom stereocenters. The Morgan fingerprint density at radius 1 is 0.886 bits per heavy atom. The summed E-state index contributed by atoms with van der Waals surface area (Å²) in [5.74, 6) is 1.82. The quantitative estimate of drug-likeness (QED) is 0.393. The third-order valence-corrected chi connectivity index (χ3v) is 5.69. The van der Waals surface area contributed by atoms with Crippen LogP contribution in [0.2, 0.25) is 0 Å². The Bertz CT molecular complexity index is 1220. The minimum absolute atomic E-state index is 0.424. The third-order valence-electron chi connectivity index (χ3n) is 5.69. The van der Waals surface area contributed by atoms with Crippen LogP contribution in [-0.2, 0) is 13.0 Å². The van der Waals surface area contributed by atoms with Gasteiger partial charge in [-0.25, -0.2) is 19.9 Å². The molecule has 3 aromatic heterocycles. The summed E-state index contributed by atoms with van der Waals surface area (Å²) in [4.78, 5) is 26.7. The molecule has 0 unspecified atom stereocenters. The zero-order chi connectivity index (χ0) is 24.0. The van der Waals surface area contributed by atoms with E-state index in [9.17, 15) is 5.11 Å². The second-order valence-electron chi connectivity index (χ2n) is 8.56. The highest BCUT2D eigenvalue weighted by Crippen LogP contribution is 2.18. The Hall–Kier alpha value is -4.12. The summed E-state index contributed by atoms with van der Waals surface area (Å²) in [6.45, 7) is 5.21. The molecule has 5 rings (SSSR count). The summed E-state index contributed by atoms with van der Waals surface area (Å²) < 4.78 is 1.67. The lowest BCUT2D eigenvalue weighted by atomic mass is 10.1. The Kier molecular flexibility index (Phi) is 6.75. The van der Waals surface area contributed by atoms with Crippen molar-refractivity contribution in [3.63, 3.8) is 0 Å². The summed E-state index contributed by atoms with van der Waals surface area (Å²) in [7, 11) is 0. The first-order chi connectivity index (χ1) is 17.1. The molecule has 2 N–H and O–H groups in total. The Balaban J connectivity index is 1.16. The topological polar surface area (TPSA) is 121 Å². The summed E-state index contributed by atoms with van der Waals surface area (Å²) in [6.07, 6.45) is 9.17. The van der Waals surface area contributed by atoms with Crippen molar-refractivity contribution in [2.75, 3.05) is 41.3 Å². The number of hydrogen-bond acceptors (Lipinski definition) is 10. The predicted octanol–water partition coefficient (Wildman–Crippen LogP) is 1.90. The third kappa shape index (κ3) is 5.87. The van der Waals surface area contributed by atoms with Gasteiger partial charge in [0.15, 0.2) is 0 Å². The van der Waals surface area contributed by atoms with Crippen molar-refractivity contribution in [1.82, 2.24) is 34.7 Å². The second kappa shape index (κ2) is 10.4. The molecule has 1 fully saturated rings. The van der Waals surface area contributed by atoms with E-state index in [0.717, 1.165) is 49.8 Å². The molecular weight excluding hydrogens is 444 g/mol. The van der Waals surface area contributed by atoms with Crippen molar-refractivity contribution in [3.05, 3.63) is 72.6 Å². The highest BCUT2D eigenvalue weighted by atomic mass is 16.3. The standard InChI is InChI=1S/C24H28N10O/c1-18(35)15-34-16-21(14-29-34)30-22-27-17-28-24(31-22)33-9-7-32(8-10-33)23-25-12-20(13-26-23)11-19-5-3-2-4-6-19/h2-6,12-14,16-18,35H,7-11,15H2,1H3,(H,27,28,30,31)/t18-/m1/s1. The molecule has 0 radical (unpaired) electrons. The van der Waals surface area contributed by atoms with Crippen LogP contribution in [0.15, 0.2) is 61.4 Å². The molecule has 0 amide bonds. The van der Waals surface area contributed by atoms with Gasteiger partial charge in [0.2, 0.25) is 17.8 Å². The number of nitrogens with one attached hydrogen (secondary N) is 1. The fourth-order valence-electron chi connectivity index (χ4n) is 3.97. The number of aliphatic hydroxyl groups excluding tert-OH is 1. The van der Waals surface area contributed by atoms with Crippen molar-refractivity contribution < 1.29 is 5.11 Å². The minimum atomic E-state index is -0.470. The maximum Gasteiger partial charge on any atom is 0.232 e. The van der Waals surface area contributed by atoms with Gasteiger partial charge in [0, 0.05) is 51.2 Å². The molecule has 1 aromatic carbocycles. The van der Waals surface area contributed by atoms with Gasteiger partial charge in [-0.05, 0) is 18.1 Å². The molecule has 4 aromatic rings. The molecule has 0 saturated carbocycles. The smallest absolute Gasteiger partial charge is 0.232 e. The van der Waals surface area contributed by atoms with Gasteiger partial charge in [0.25, 0.3) is 0 Å². The van der Waals surface area contributed by atoms with Crippen LogP contribution in [0.3, 0.4) is 0 Å². The van der Waals surface area contributed by atoms with Gasteiger partial charge in [-0.3, -0.25) is 4.68 Å². The summed E-state index contributed by atoms with van der Waals surface area (Å²) >= 11 is 0. The predicted molar refractivity (Wildman–Crippen MR) is 133 cm³/mol. The average Bonchev–Trinajstić information content (AvgIpc) is 3.31. The number of hydrogen-bond donors (Lipinski definition) is 2. The van der Waals surface area contributed by atoms with Crippen molar-refractivity contribution in [2.24, 2.45) is 0 Å². The molecule has 4 heterocycles. The van der Waals surface area contributed by atoms with Crippen LogP contribution >= 0.6 is 0 Å². The van der Waals surface area contributed by atoms with Gasteiger partial charge in [-0.1, -0.05) is 30.3 Å². The normalized spacial score (nSPS) is 14.7. The van der Waals surface area contributed by atoms with Crippen LogP contribution in [0.5, 0.6) is 0 Å². The van der Waals surface area contributed by atoms with E-state index in [2.05, 4.69) is 57.3 Å². The first-order valence-corrected chi connectivity index (χ1v) is 11.6. The zero-order valence-electron chi connectivity index (χ0n) is 19.6. The van der Waals surface area contributed by atoms with Gasteiger partial charge in [0.05, 0.1) is 24.5 Å². The first-order valence-electron chi connectivity index (χ1n) is 11.6. The molecule has 11 heteroatoms. The lowest BCUT2D eigenvalue weighted by Gasteiger charge is -2.34. The number of aliphatic hydroxyl groups is 1. The molecule has 1 saturated heterocycles.